The third kappa shape index (κ3) is 6.23. The molecule has 1 unspecified atom stereocenters. The van der Waals surface area contributed by atoms with Crippen LogP contribution in [0.15, 0.2) is 59.0 Å². The minimum absolute atomic E-state index is 0.106. The molecule has 4 rings (SSSR count). The van der Waals surface area contributed by atoms with E-state index in [1.165, 1.54) is 24.3 Å². The molecule has 1 aromatic heterocycles. The van der Waals surface area contributed by atoms with Gasteiger partial charge in [-0.3, -0.25) is 10.1 Å². The zero-order valence-electron chi connectivity index (χ0n) is 19.2. The predicted molar refractivity (Wildman–Crippen MR) is 121 cm³/mol. The molecule has 2 amide bonds. The van der Waals surface area contributed by atoms with Gasteiger partial charge in [-0.1, -0.05) is 18.2 Å². The summed E-state index contributed by atoms with van der Waals surface area (Å²) in [6, 6.07) is 12.5. The summed E-state index contributed by atoms with van der Waals surface area (Å²) in [4.78, 5) is 27.2. The molecular weight excluding hydrogens is 481 g/mol. The van der Waals surface area contributed by atoms with Crippen LogP contribution in [0, 0.1) is 6.92 Å². The highest BCUT2D eigenvalue weighted by molar-refractivity contribution is 6.00. The second-order valence-electron chi connectivity index (χ2n) is 7.92. The van der Waals surface area contributed by atoms with Crippen LogP contribution >= 0.6 is 0 Å². The fourth-order valence-corrected chi connectivity index (χ4v) is 3.42. The lowest BCUT2D eigenvalue weighted by molar-refractivity contribution is -0.274. The first-order valence-electron chi connectivity index (χ1n) is 10.8. The Hall–Kier alpha value is -4.28. The van der Waals surface area contributed by atoms with Gasteiger partial charge in [-0.05, 0) is 61.4 Å². The second-order valence-corrected chi connectivity index (χ2v) is 7.92. The zero-order valence-corrected chi connectivity index (χ0v) is 19.2. The Kier molecular flexibility index (Phi) is 7.00. The molecule has 188 valence electrons. The first-order valence-corrected chi connectivity index (χ1v) is 10.8. The van der Waals surface area contributed by atoms with E-state index in [9.17, 15) is 22.8 Å². The maximum atomic E-state index is 12.3. The first-order chi connectivity index (χ1) is 17.1. The molecule has 1 N–H and O–H groups in total. The summed E-state index contributed by atoms with van der Waals surface area (Å²) in [5.41, 5.74) is 2.75. The van der Waals surface area contributed by atoms with Crippen molar-refractivity contribution in [1.29, 1.82) is 0 Å². The van der Waals surface area contributed by atoms with Crippen molar-refractivity contribution in [3.05, 3.63) is 71.6 Å². The molecule has 2 aromatic carbocycles. The summed E-state index contributed by atoms with van der Waals surface area (Å²) in [5, 5.41) is 2.09. The number of aromatic nitrogens is 1. The molecule has 0 aliphatic carbocycles. The number of amides is 2. The summed E-state index contributed by atoms with van der Waals surface area (Å²) in [7, 11) is 0. The standard InChI is InChI=1S/C25H21F3N2O6/c1-14(6-11-21-22(31)30-24(32)35-21)17-4-3-5-19(12-17)33-13-20-15(2)34-23(29-20)16-7-9-18(10-8-16)36-25(26,27)28/h3-10,12,21H,11,13H2,1-2H3,(H,30,31,32)/b14-6+. The van der Waals surface area contributed by atoms with Crippen LogP contribution < -0.4 is 14.8 Å². The SMILES string of the molecule is C/C(=C\CC1OC(=O)NC1=O)c1cccc(OCc2nc(-c3ccc(OC(F)(F)F)cc3)oc2C)c1. The van der Waals surface area contributed by atoms with Gasteiger partial charge >= 0.3 is 12.5 Å². The Morgan fingerprint density at radius 3 is 2.56 bits per heavy atom. The summed E-state index contributed by atoms with van der Waals surface area (Å²) < 4.78 is 57.3. The third-order valence-electron chi connectivity index (χ3n) is 5.30. The van der Waals surface area contributed by atoms with Crippen molar-refractivity contribution in [3.63, 3.8) is 0 Å². The van der Waals surface area contributed by atoms with Gasteiger partial charge in [0, 0.05) is 12.0 Å². The van der Waals surface area contributed by atoms with E-state index in [4.69, 9.17) is 13.9 Å². The van der Waals surface area contributed by atoms with Gasteiger partial charge < -0.3 is 18.6 Å². The van der Waals surface area contributed by atoms with Crippen LogP contribution in [0.25, 0.3) is 17.0 Å². The van der Waals surface area contributed by atoms with Crippen LogP contribution in [0.3, 0.4) is 0 Å². The van der Waals surface area contributed by atoms with Crippen molar-refractivity contribution in [2.75, 3.05) is 0 Å². The maximum absolute atomic E-state index is 12.3. The smallest absolute Gasteiger partial charge is 0.487 e. The van der Waals surface area contributed by atoms with Crippen molar-refractivity contribution in [3.8, 4) is 23.0 Å². The Balaban J connectivity index is 1.39. The number of hydrogen-bond donors (Lipinski definition) is 1. The number of hydrogen-bond acceptors (Lipinski definition) is 7. The number of cyclic esters (lactones) is 1. The quantitative estimate of drug-likeness (QED) is 0.431. The lowest BCUT2D eigenvalue weighted by Gasteiger charge is -2.09. The highest BCUT2D eigenvalue weighted by Crippen LogP contribution is 2.28. The third-order valence-corrected chi connectivity index (χ3v) is 5.30. The molecule has 2 heterocycles. The maximum Gasteiger partial charge on any atom is 0.573 e. The van der Waals surface area contributed by atoms with Crippen LogP contribution in [0.2, 0.25) is 0 Å². The fourth-order valence-electron chi connectivity index (χ4n) is 3.42. The number of benzene rings is 2. The van der Waals surface area contributed by atoms with Gasteiger partial charge in [0.1, 0.15) is 29.6 Å². The van der Waals surface area contributed by atoms with E-state index < -0.39 is 24.5 Å². The summed E-state index contributed by atoms with van der Waals surface area (Å²) in [6.07, 6.45) is -4.30. The average Bonchev–Trinajstić information content (AvgIpc) is 3.36. The number of nitrogens with zero attached hydrogens (tertiary/aromatic N) is 1. The second kappa shape index (κ2) is 10.1. The predicted octanol–water partition coefficient (Wildman–Crippen LogP) is 5.56. The first kappa shape index (κ1) is 24.8. The van der Waals surface area contributed by atoms with Crippen LogP contribution in [-0.4, -0.2) is 29.5 Å². The molecule has 1 aliphatic rings. The van der Waals surface area contributed by atoms with Gasteiger partial charge in [0.15, 0.2) is 6.10 Å². The number of imide groups is 1. The van der Waals surface area contributed by atoms with Crippen molar-refractivity contribution in [2.24, 2.45) is 0 Å². The number of carbonyl (C=O) groups is 2. The van der Waals surface area contributed by atoms with Crippen molar-refractivity contribution >= 4 is 17.6 Å². The Morgan fingerprint density at radius 1 is 1.14 bits per heavy atom. The number of alkyl halides is 3. The Labute approximate surface area is 203 Å². The van der Waals surface area contributed by atoms with Crippen molar-refractivity contribution in [1.82, 2.24) is 10.3 Å². The van der Waals surface area contributed by atoms with E-state index in [0.29, 0.717) is 22.8 Å². The highest BCUT2D eigenvalue weighted by atomic mass is 19.4. The lowest BCUT2D eigenvalue weighted by atomic mass is 10.0. The molecule has 8 nitrogen and oxygen atoms in total. The average molecular weight is 502 g/mol. The number of allylic oxidation sites excluding steroid dienone is 1. The molecule has 1 atom stereocenters. The Morgan fingerprint density at radius 2 is 1.89 bits per heavy atom. The molecule has 3 aromatic rings. The number of aryl methyl sites for hydroxylation is 1. The molecule has 0 radical (unpaired) electrons. The van der Waals surface area contributed by atoms with E-state index in [1.807, 2.05) is 25.1 Å². The zero-order chi connectivity index (χ0) is 25.9. The molecule has 1 saturated heterocycles. The molecule has 1 aliphatic heterocycles. The van der Waals surface area contributed by atoms with Crippen molar-refractivity contribution < 1.29 is 41.4 Å². The summed E-state index contributed by atoms with van der Waals surface area (Å²) in [6.45, 7) is 3.69. The topological polar surface area (TPSA) is 99.9 Å². The molecule has 0 saturated carbocycles. The fraction of sp³-hybridized carbons (Fsp3) is 0.240. The van der Waals surface area contributed by atoms with Crippen LogP contribution in [0.4, 0.5) is 18.0 Å². The van der Waals surface area contributed by atoms with E-state index in [-0.39, 0.29) is 24.7 Å². The molecule has 11 heteroatoms. The number of rotatable bonds is 8. The van der Waals surface area contributed by atoms with Gasteiger partial charge in [0.2, 0.25) is 5.89 Å². The summed E-state index contributed by atoms with van der Waals surface area (Å²) in [5.74, 6) is 0.526. The lowest BCUT2D eigenvalue weighted by Crippen LogP contribution is -2.23. The number of alkyl carbamates (subject to hydrolysis) is 1. The number of oxazole rings is 1. The largest absolute Gasteiger partial charge is 0.573 e. The summed E-state index contributed by atoms with van der Waals surface area (Å²) >= 11 is 0. The minimum Gasteiger partial charge on any atom is -0.487 e. The van der Waals surface area contributed by atoms with Crippen LogP contribution in [0.1, 0.15) is 30.4 Å². The van der Waals surface area contributed by atoms with E-state index >= 15 is 0 Å². The van der Waals surface area contributed by atoms with Crippen molar-refractivity contribution in [2.45, 2.75) is 39.3 Å². The molecule has 0 bridgehead atoms. The molecular formula is C25H21F3N2O6. The van der Waals surface area contributed by atoms with Gasteiger partial charge in [0.25, 0.3) is 5.91 Å². The van der Waals surface area contributed by atoms with Gasteiger partial charge in [-0.2, -0.15) is 0 Å². The molecule has 36 heavy (non-hydrogen) atoms. The Bertz CT molecular complexity index is 1300. The number of halogens is 3. The monoisotopic (exact) mass is 502 g/mol. The van der Waals surface area contributed by atoms with E-state index in [1.54, 1.807) is 19.1 Å². The van der Waals surface area contributed by atoms with Gasteiger partial charge in [0.05, 0.1) is 0 Å². The number of nitrogens with one attached hydrogen (secondary N) is 1. The minimum atomic E-state index is -4.77. The number of carbonyl (C=O) groups excluding carboxylic acids is 2. The molecule has 1 fully saturated rings. The highest BCUT2D eigenvalue weighted by Gasteiger charge is 2.31. The van der Waals surface area contributed by atoms with Crippen LogP contribution in [-0.2, 0) is 16.1 Å². The molecule has 0 spiro atoms. The number of ether oxygens (including phenoxy) is 3. The normalized spacial score (nSPS) is 16.0. The van der Waals surface area contributed by atoms with Gasteiger partial charge in [-0.15, -0.1) is 13.2 Å². The van der Waals surface area contributed by atoms with E-state index in [2.05, 4.69) is 15.0 Å². The van der Waals surface area contributed by atoms with Gasteiger partial charge in [-0.25, -0.2) is 9.78 Å². The van der Waals surface area contributed by atoms with Crippen LogP contribution in [0.5, 0.6) is 11.5 Å². The van der Waals surface area contributed by atoms with E-state index in [0.717, 1.165) is 11.1 Å².